The van der Waals surface area contributed by atoms with E-state index in [2.05, 4.69) is 4.18 Å². The second kappa shape index (κ2) is 4.36. The lowest BCUT2D eigenvalue weighted by atomic mass is 10.4. The lowest BCUT2D eigenvalue weighted by molar-refractivity contribution is -0.188. The van der Waals surface area contributed by atoms with Crippen LogP contribution >= 0.6 is 12.0 Å². The van der Waals surface area contributed by atoms with Gasteiger partial charge in [-0.3, -0.25) is 0 Å². The third-order valence-corrected chi connectivity index (χ3v) is 1.89. The summed E-state index contributed by atoms with van der Waals surface area (Å²) >= 11 is 0.386. The molecule has 0 bridgehead atoms. The molecule has 2 nitrogen and oxygen atoms in total. The molecule has 0 spiro atoms. The van der Waals surface area contributed by atoms with E-state index in [1.807, 2.05) is 0 Å². The van der Waals surface area contributed by atoms with E-state index in [-0.39, 0.29) is 0 Å². The van der Waals surface area contributed by atoms with Crippen LogP contribution in [0.3, 0.4) is 0 Å². The summed E-state index contributed by atoms with van der Waals surface area (Å²) in [5.74, 6) is -2.20. The zero-order valence-electron chi connectivity index (χ0n) is 6.75. The molecule has 0 unspecified atom stereocenters. The van der Waals surface area contributed by atoms with Gasteiger partial charge in [-0.15, -0.1) is 0 Å². The maximum Gasteiger partial charge on any atom is 0.492 e. The molecule has 0 aromatic heterocycles. The zero-order chi connectivity index (χ0) is 10.6. The van der Waals surface area contributed by atoms with Gasteiger partial charge in [0.25, 0.3) is 0 Å². The fourth-order valence-electron chi connectivity index (χ4n) is 0.609. The first kappa shape index (κ1) is 10.9. The first-order valence-corrected chi connectivity index (χ1v) is 4.25. The molecule has 0 N–H and O–H groups in total. The number of carbonyl (C=O) groups is 1. The third-order valence-electron chi connectivity index (χ3n) is 1.19. The van der Waals surface area contributed by atoms with E-state index < -0.39 is 12.1 Å². The van der Waals surface area contributed by atoms with Gasteiger partial charge in [-0.2, -0.15) is 13.2 Å². The summed E-state index contributed by atoms with van der Waals surface area (Å²) in [6, 6.07) is 8.03. The Bertz CT molecular complexity index is 310. The first-order valence-electron chi connectivity index (χ1n) is 3.51. The topological polar surface area (TPSA) is 26.3 Å². The molecule has 14 heavy (non-hydrogen) atoms. The van der Waals surface area contributed by atoms with Gasteiger partial charge in [0.15, 0.2) is 0 Å². The Morgan fingerprint density at radius 3 is 2.29 bits per heavy atom. The van der Waals surface area contributed by atoms with Crippen molar-refractivity contribution in [2.45, 2.75) is 11.1 Å². The van der Waals surface area contributed by atoms with Gasteiger partial charge in [0, 0.05) is 4.90 Å². The number of halogens is 3. The van der Waals surface area contributed by atoms with E-state index in [4.69, 9.17) is 0 Å². The Labute approximate surface area is 82.3 Å². The molecule has 0 fully saturated rings. The van der Waals surface area contributed by atoms with Crippen LogP contribution in [0.5, 0.6) is 0 Å². The minimum Gasteiger partial charge on any atom is -0.379 e. The first-order chi connectivity index (χ1) is 6.50. The van der Waals surface area contributed by atoms with Gasteiger partial charge in [0.2, 0.25) is 0 Å². The second-order valence-electron chi connectivity index (χ2n) is 2.26. The monoisotopic (exact) mass is 222 g/mol. The third kappa shape index (κ3) is 3.29. The van der Waals surface area contributed by atoms with Crippen LogP contribution in [0.2, 0.25) is 0 Å². The van der Waals surface area contributed by atoms with Crippen molar-refractivity contribution in [1.82, 2.24) is 0 Å². The van der Waals surface area contributed by atoms with Crippen molar-refractivity contribution in [2.24, 2.45) is 0 Å². The molecule has 0 atom stereocenters. The highest BCUT2D eigenvalue weighted by Crippen LogP contribution is 2.24. The molecule has 0 amide bonds. The van der Waals surface area contributed by atoms with Crippen LogP contribution in [0.25, 0.3) is 0 Å². The van der Waals surface area contributed by atoms with Crippen LogP contribution in [0.4, 0.5) is 13.2 Å². The summed E-state index contributed by atoms with van der Waals surface area (Å²) in [6.07, 6.45) is -4.94. The van der Waals surface area contributed by atoms with Crippen molar-refractivity contribution >= 4 is 18.0 Å². The quantitative estimate of drug-likeness (QED) is 0.720. The van der Waals surface area contributed by atoms with Gasteiger partial charge in [0.05, 0.1) is 12.0 Å². The van der Waals surface area contributed by atoms with E-state index in [1.165, 1.54) is 12.1 Å². The van der Waals surface area contributed by atoms with Crippen LogP contribution in [0, 0.1) is 0 Å². The predicted octanol–water partition coefficient (Wildman–Crippen LogP) is 2.80. The summed E-state index contributed by atoms with van der Waals surface area (Å²) in [4.78, 5) is 10.7. The van der Waals surface area contributed by atoms with E-state index in [0.717, 1.165) is 0 Å². The number of alkyl halides is 3. The van der Waals surface area contributed by atoms with E-state index in [0.29, 0.717) is 16.9 Å². The Kier molecular flexibility index (Phi) is 3.40. The van der Waals surface area contributed by atoms with Crippen LogP contribution < -0.4 is 0 Å². The SMILES string of the molecule is O=C(OSc1ccccc1)C(F)(F)F. The van der Waals surface area contributed by atoms with Gasteiger partial charge in [0.1, 0.15) is 0 Å². The van der Waals surface area contributed by atoms with Crippen molar-refractivity contribution in [3.63, 3.8) is 0 Å². The maximum absolute atomic E-state index is 11.7. The Morgan fingerprint density at radius 2 is 1.79 bits per heavy atom. The van der Waals surface area contributed by atoms with Gasteiger partial charge in [-0.1, -0.05) is 18.2 Å². The summed E-state index contributed by atoms with van der Waals surface area (Å²) in [5.41, 5.74) is 0. The van der Waals surface area contributed by atoms with Gasteiger partial charge in [-0.25, -0.2) is 4.79 Å². The molecule has 0 aliphatic rings. The Balaban J connectivity index is 2.46. The van der Waals surface area contributed by atoms with Crippen molar-refractivity contribution in [1.29, 1.82) is 0 Å². The van der Waals surface area contributed by atoms with Crippen LogP contribution in [-0.4, -0.2) is 12.1 Å². The second-order valence-corrected chi connectivity index (χ2v) is 3.07. The minimum atomic E-state index is -4.94. The molecule has 1 aromatic rings. The minimum absolute atomic E-state index is 0.386. The highest BCUT2D eigenvalue weighted by Gasteiger charge is 2.41. The highest BCUT2D eigenvalue weighted by atomic mass is 32.2. The summed E-state index contributed by atoms with van der Waals surface area (Å²) in [7, 11) is 0. The summed E-state index contributed by atoms with van der Waals surface area (Å²) in [5, 5.41) is 0. The predicted molar refractivity (Wildman–Crippen MR) is 44.4 cm³/mol. The van der Waals surface area contributed by atoms with Crippen molar-refractivity contribution in [2.75, 3.05) is 0 Å². The fraction of sp³-hybridized carbons (Fsp3) is 0.125. The largest absolute Gasteiger partial charge is 0.492 e. The van der Waals surface area contributed by atoms with Gasteiger partial charge in [-0.05, 0) is 12.1 Å². The van der Waals surface area contributed by atoms with Crippen molar-refractivity contribution < 1.29 is 22.1 Å². The number of hydrogen-bond acceptors (Lipinski definition) is 3. The van der Waals surface area contributed by atoms with Crippen LogP contribution in [0.1, 0.15) is 0 Å². The highest BCUT2D eigenvalue weighted by molar-refractivity contribution is 7.95. The molecule has 0 radical (unpaired) electrons. The Morgan fingerprint density at radius 1 is 1.21 bits per heavy atom. The van der Waals surface area contributed by atoms with E-state index >= 15 is 0 Å². The molecule has 0 saturated carbocycles. The van der Waals surface area contributed by atoms with Crippen LogP contribution in [0.15, 0.2) is 35.2 Å². The van der Waals surface area contributed by atoms with Crippen LogP contribution in [-0.2, 0) is 8.98 Å². The van der Waals surface area contributed by atoms with Gasteiger partial charge < -0.3 is 4.18 Å². The normalized spacial score (nSPS) is 11.1. The van der Waals surface area contributed by atoms with Gasteiger partial charge >= 0.3 is 12.1 Å². The molecule has 1 aromatic carbocycles. The Hall–Kier alpha value is -1.17. The fourth-order valence-corrected chi connectivity index (χ4v) is 1.14. The summed E-state index contributed by atoms with van der Waals surface area (Å²) < 4.78 is 38.9. The number of carbonyl (C=O) groups excluding carboxylic acids is 1. The number of benzene rings is 1. The molecular formula is C8H5F3O2S. The molecule has 6 heteroatoms. The molecule has 76 valence electrons. The molecule has 0 saturated heterocycles. The summed E-state index contributed by atoms with van der Waals surface area (Å²) in [6.45, 7) is 0. The lowest BCUT2D eigenvalue weighted by Gasteiger charge is -2.04. The number of hydrogen-bond donors (Lipinski definition) is 0. The maximum atomic E-state index is 11.7. The van der Waals surface area contributed by atoms with Crippen molar-refractivity contribution in [3.8, 4) is 0 Å². The standard InChI is InChI=1S/C8H5F3O2S/c9-8(10,11)7(12)13-14-6-4-2-1-3-5-6/h1-5H. The zero-order valence-corrected chi connectivity index (χ0v) is 7.56. The number of rotatable bonds is 2. The van der Waals surface area contributed by atoms with E-state index in [9.17, 15) is 18.0 Å². The average Bonchev–Trinajstić information content (AvgIpc) is 2.14. The molecule has 0 heterocycles. The lowest BCUT2D eigenvalue weighted by Crippen LogP contribution is -2.22. The average molecular weight is 222 g/mol. The molecule has 0 aliphatic carbocycles. The van der Waals surface area contributed by atoms with E-state index in [1.54, 1.807) is 18.2 Å². The molecule has 1 rings (SSSR count). The smallest absolute Gasteiger partial charge is 0.379 e. The molecule has 0 aliphatic heterocycles. The molecular weight excluding hydrogens is 217 g/mol. The van der Waals surface area contributed by atoms with Crippen molar-refractivity contribution in [3.05, 3.63) is 30.3 Å².